The van der Waals surface area contributed by atoms with Gasteiger partial charge in [0.2, 0.25) is 5.91 Å². The molecule has 0 aromatic heterocycles. The van der Waals surface area contributed by atoms with Gasteiger partial charge in [0.15, 0.2) is 0 Å². The predicted octanol–water partition coefficient (Wildman–Crippen LogP) is 14.6. The van der Waals surface area contributed by atoms with Gasteiger partial charge < -0.3 is 28.8 Å². The van der Waals surface area contributed by atoms with E-state index in [0.717, 1.165) is 64.2 Å². The highest BCUT2D eigenvalue weighted by Gasteiger charge is 2.24. The Hall–Kier alpha value is -1.54. The normalized spacial score (nSPS) is 14.5. The number of phosphoric acid groups is 1. The number of hydrogen-bond donors (Lipinski definition) is 2. The van der Waals surface area contributed by atoms with E-state index in [0.29, 0.717) is 23.9 Å². The lowest BCUT2D eigenvalue weighted by molar-refractivity contribution is -0.870. The average molecular weight is 893 g/mol. The van der Waals surface area contributed by atoms with Crippen LogP contribution in [-0.4, -0.2) is 68.5 Å². The van der Waals surface area contributed by atoms with Gasteiger partial charge >= 0.3 is 0 Å². The third-order valence-electron chi connectivity index (χ3n) is 11.6. The molecule has 0 rings (SSSR count). The van der Waals surface area contributed by atoms with E-state index in [4.69, 9.17) is 9.05 Å². The Kier molecular flexibility index (Phi) is 43.5. The second-order valence-corrected chi connectivity index (χ2v) is 20.3. The van der Waals surface area contributed by atoms with Crippen molar-refractivity contribution in [3.63, 3.8) is 0 Å². The van der Waals surface area contributed by atoms with Crippen LogP contribution in [-0.2, 0) is 18.4 Å². The molecule has 0 fully saturated rings. The number of nitrogens with one attached hydrogen (secondary N) is 1. The maximum Gasteiger partial charge on any atom is 0.268 e. The second-order valence-electron chi connectivity index (χ2n) is 18.9. The van der Waals surface area contributed by atoms with Gasteiger partial charge in [0.1, 0.15) is 13.2 Å². The molecule has 0 aliphatic carbocycles. The summed E-state index contributed by atoms with van der Waals surface area (Å²) in [7, 11) is 1.31. The van der Waals surface area contributed by atoms with E-state index in [-0.39, 0.29) is 19.1 Å². The number of carbonyl (C=O) groups is 1. The summed E-state index contributed by atoms with van der Waals surface area (Å²) in [6.07, 6.45) is 57.2. The van der Waals surface area contributed by atoms with Crippen molar-refractivity contribution in [3.8, 4) is 0 Å². The fraction of sp³-hybridized carbons (Fsp3) is 0.830. The largest absolute Gasteiger partial charge is 0.756 e. The zero-order chi connectivity index (χ0) is 45.7. The van der Waals surface area contributed by atoms with Gasteiger partial charge in [-0.15, -0.1) is 0 Å². The molecule has 0 heterocycles. The Morgan fingerprint density at radius 2 is 0.984 bits per heavy atom. The maximum absolute atomic E-state index is 12.9. The molecule has 0 saturated heterocycles. The first-order valence-corrected chi connectivity index (χ1v) is 27.4. The van der Waals surface area contributed by atoms with Gasteiger partial charge in [-0.1, -0.05) is 223 Å². The number of phosphoric ester groups is 1. The third-order valence-corrected chi connectivity index (χ3v) is 12.5. The topological polar surface area (TPSA) is 108 Å². The van der Waals surface area contributed by atoms with Crippen LogP contribution in [0.5, 0.6) is 0 Å². The lowest BCUT2D eigenvalue weighted by Gasteiger charge is -2.30. The van der Waals surface area contributed by atoms with Crippen molar-refractivity contribution in [2.45, 2.75) is 244 Å². The Labute approximate surface area is 384 Å². The van der Waals surface area contributed by atoms with Crippen molar-refractivity contribution >= 4 is 13.7 Å². The fourth-order valence-corrected chi connectivity index (χ4v) is 8.23. The molecule has 0 aromatic carbocycles. The van der Waals surface area contributed by atoms with Crippen LogP contribution in [0.4, 0.5) is 0 Å². The molecule has 1 amide bonds. The Morgan fingerprint density at radius 3 is 1.44 bits per heavy atom. The van der Waals surface area contributed by atoms with E-state index >= 15 is 0 Å². The molecule has 0 aliphatic heterocycles. The summed E-state index contributed by atoms with van der Waals surface area (Å²) in [4.78, 5) is 25.3. The smallest absolute Gasteiger partial charge is 0.268 e. The summed E-state index contributed by atoms with van der Waals surface area (Å²) in [6, 6.07) is -0.797. The molecule has 0 aliphatic rings. The highest BCUT2D eigenvalue weighted by Crippen LogP contribution is 2.38. The van der Waals surface area contributed by atoms with Gasteiger partial charge in [-0.25, -0.2) is 0 Å². The van der Waals surface area contributed by atoms with E-state index in [2.05, 4.69) is 67.8 Å². The molecule has 9 heteroatoms. The van der Waals surface area contributed by atoms with Gasteiger partial charge in [0.05, 0.1) is 39.9 Å². The van der Waals surface area contributed by atoms with E-state index in [1.54, 1.807) is 0 Å². The van der Waals surface area contributed by atoms with Crippen LogP contribution < -0.4 is 10.2 Å². The van der Waals surface area contributed by atoms with Crippen molar-refractivity contribution in [2.75, 3.05) is 40.9 Å². The number of amides is 1. The van der Waals surface area contributed by atoms with E-state index in [1.165, 1.54) is 141 Å². The average Bonchev–Trinajstić information content (AvgIpc) is 3.23. The molecule has 2 N–H and O–H groups in total. The third kappa shape index (κ3) is 46.5. The summed E-state index contributed by atoms with van der Waals surface area (Å²) >= 11 is 0. The first kappa shape index (κ1) is 60.5. The summed E-state index contributed by atoms with van der Waals surface area (Å²) in [5, 5.41) is 13.9. The van der Waals surface area contributed by atoms with Crippen molar-refractivity contribution in [3.05, 3.63) is 48.6 Å². The Bertz CT molecular complexity index is 1150. The number of carbonyl (C=O) groups excluding carboxylic acids is 1. The zero-order valence-electron chi connectivity index (χ0n) is 41.3. The summed E-state index contributed by atoms with van der Waals surface area (Å²) in [5.74, 6) is -0.166. The van der Waals surface area contributed by atoms with Gasteiger partial charge in [0, 0.05) is 6.42 Å². The number of hydrogen-bond acceptors (Lipinski definition) is 6. The zero-order valence-corrected chi connectivity index (χ0v) is 42.2. The van der Waals surface area contributed by atoms with Crippen LogP contribution in [0.1, 0.15) is 232 Å². The highest BCUT2D eigenvalue weighted by molar-refractivity contribution is 7.45. The second kappa shape index (κ2) is 44.7. The summed E-state index contributed by atoms with van der Waals surface area (Å²) in [5.41, 5.74) is 0. The maximum atomic E-state index is 12.9. The number of aliphatic hydroxyl groups excluding tert-OH is 1. The number of aliphatic hydroxyl groups is 1. The number of rotatable bonds is 47. The van der Waals surface area contributed by atoms with E-state index < -0.39 is 20.0 Å². The number of nitrogens with zero attached hydrogens (tertiary/aromatic N) is 1. The Morgan fingerprint density at radius 1 is 0.581 bits per heavy atom. The van der Waals surface area contributed by atoms with Gasteiger partial charge in [-0.3, -0.25) is 9.36 Å². The minimum Gasteiger partial charge on any atom is -0.756 e. The highest BCUT2D eigenvalue weighted by atomic mass is 31.2. The SMILES string of the molecule is CC/C=C\C/C=C\C/C=C\C/C=C\CCCCCCCCCCCCCCCCCCCCC(=O)NC(COP(=O)([O-])OCC[N+](C)(C)C)C(O)CCCCCCCCCCC. The molecule has 0 aromatic rings. The molecule has 0 bridgehead atoms. The van der Waals surface area contributed by atoms with Crippen LogP contribution in [0.3, 0.4) is 0 Å². The van der Waals surface area contributed by atoms with E-state index in [9.17, 15) is 19.4 Å². The van der Waals surface area contributed by atoms with Gasteiger partial charge in [-0.2, -0.15) is 0 Å². The van der Waals surface area contributed by atoms with Crippen LogP contribution in [0, 0.1) is 0 Å². The van der Waals surface area contributed by atoms with Crippen molar-refractivity contribution in [1.82, 2.24) is 5.32 Å². The van der Waals surface area contributed by atoms with Gasteiger partial charge in [-0.05, 0) is 51.4 Å². The number of unbranched alkanes of at least 4 members (excludes halogenated alkanes) is 26. The number of quaternary nitrogens is 1. The first-order chi connectivity index (χ1) is 30.0. The minimum atomic E-state index is -4.56. The Balaban J connectivity index is 3.96. The molecule has 8 nitrogen and oxygen atoms in total. The van der Waals surface area contributed by atoms with Crippen LogP contribution in [0.25, 0.3) is 0 Å². The molecular formula is C53H101N2O6P. The van der Waals surface area contributed by atoms with Crippen molar-refractivity contribution in [2.24, 2.45) is 0 Å². The molecule has 0 radical (unpaired) electrons. The quantitative estimate of drug-likeness (QED) is 0.0273. The molecule has 3 atom stereocenters. The molecule has 364 valence electrons. The predicted molar refractivity (Wildman–Crippen MR) is 265 cm³/mol. The van der Waals surface area contributed by atoms with Crippen LogP contribution in [0.15, 0.2) is 48.6 Å². The summed E-state index contributed by atoms with van der Waals surface area (Å²) in [6.45, 7) is 4.59. The monoisotopic (exact) mass is 893 g/mol. The standard InChI is InChI=1S/C53H101N2O6P/c1-6-8-10-12-14-16-17-18-19-20-21-22-23-24-25-26-27-28-29-30-31-32-33-34-35-36-37-39-41-43-45-47-53(57)54-51(50-61-62(58,59)60-49-48-55(3,4)5)52(56)46-44-42-40-38-15-13-11-9-7-2/h8,10,14,16,18-19,21-22,51-52,56H,6-7,9,11-13,15,17,20,23-50H2,1-5H3,(H-,54,57,58,59)/b10-8-,16-14-,19-18-,22-21-. The van der Waals surface area contributed by atoms with Crippen LogP contribution >= 0.6 is 7.82 Å². The first-order valence-electron chi connectivity index (χ1n) is 26.0. The lowest BCUT2D eigenvalue weighted by Crippen LogP contribution is -2.46. The molecule has 62 heavy (non-hydrogen) atoms. The number of likely N-dealkylation sites (N-methyl/N-ethyl adjacent to an activating group) is 1. The minimum absolute atomic E-state index is 0.0123. The van der Waals surface area contributed by atoms with E-state index in [1.807, 2.05) is 21.1 Å². The number of allylic oxidation sites excluding steroid dienone is 8. The molecule has 3 unspecified atom stereocenters. The molecule has 0 saturated carbocycles. The summed E-state index contributed by atoms with van der Waals surface area (Å²) < 4.78 is 23.3. The van der Waals surface area contributed by atoms with Gasteiger partial charge in [0.25, 0.3) is 7.82 Å². The molecular weight excluding hydrogens is 792 g/mol. The lowest BCUT2D eigenvalue weighted by atomic mass is 10.0. The fourth-order valence-electron chi connectivity index (χ4n) is 7.50. The van der Waals surface area contributed by atoms with Crippen LogP contribution in [0.2, 0.25) is 0 Å². The molecule has 0 spiro atoms. The van der Waals surface area contributed by atoms with Crippen molar-refractivity contribution in [1.29, 1.82) is 0 Å². The van der Waals surface area contributed by atoms with Crippen molar-refractivity contribution < 1.29 is 32.9 Å².